The molecule has 684 valence electrons. The van der Waals surface area contributed by atoms with Crippen molar-refractivity contribution in [3.8, 4) is 113 Å². The number of H-pyrrole nitrogens is 10. The molecule has 11 aromatic carbocycles. The van der Waals surface area contributed by atoms with Crippen LogP contribution in [0.2, 0.25) is 0 Å². The van der Waals surface area contributed by atoms with Crippen LogP contribution in [0.25, 0.3) is 234 Å². The number of para-hydroxylation sites is 11. The van der Waals surface area contributed by atoms with E-state index < -0.39 is 0 Å². The van der Waals surface area contributed by atoms with Crippen LogP contribution in [-0.4, -0.2) is 156 Å². The van der Waals surface area contributed by atoms with Gasteiger partial charge in [0.25, 0.3) is 0 Å². The minimum absolute atomic E-state index is 0.0230. The first-order chi connectivity index (χ1) is 68.6. The number of hydrogen-bond acceptors (Lipinski definition) is 18. The van der Waals surface area contributed by atoms with Gasteiger partial charge in [-0.25, -0.2) is 24.9 Å². The first-order valence-electron chi connectivity index (χ1n) is 46.3. The van der Waals surface area contributed by atoms with E-state index in [9.17, 15) is 5.11 Å². The predicted octanol–water partition coefficient (Wildman–Crippen LogP) is 23.5. The zero-order valence-corrected chi connectivity index (χ0v) is 78.1. The molecule has 15 heterocycles. The molecule has 0 atom stereocenters. The van der Waals surface area contributed by atoms with Crippen LogP contribution in [0.1, 0.15) is 57.0 Å². The summed E-state index contributed by atoms with van der Waals surface area (Å²) in [7, 11) is 4.15. The first kappa shape index (κ1) is 87.4. The van der Waals surface area contributed by atoms with Gasteiger partial charge in [-0.2, -0.15) is 25.5 Å². The number of nitrogens with one attached hydrogen (secondary N) is 11. The molecular weight excluding hydrogens is 1740 g/mol. The summed E-state index contributed by atoms with van der Waals surface area (Å²) in [5.41, 5.74) is 41.2. The van der Waals surface area contributed by atoms with Crippen molar-refractivity contribution in [2.24, 2.45) is 0 Å². The summed E-state index contributed by atoms with van der Waals surface area (Å²) in [6.45, 7) is 17.4. The highest BCUT2D eigenvalue weighted by atomic mass is 16.3. The van der Waals surface area contributed by atoms with Gasteiger partial charge in [-0.3, -0.25) is 50.4 Å². The van der Waals surface area contributed by atoms with Crippen LogP contribution >= 0.6 is 0 Å². The molecule has 28 nitrogen and oxygen atoms in total. The molecule has 0 amide bonds. The topological polar surface area (TPSA) is 387 Å². The Morgan fingerprint density at radius 1 is 0.279 bits per heavy atom. The Kier molecular flexibility index (Phi) is 23.3. The zero-order valence-electron chi connectivity index (χ0n) is 78.1. The lowest BCUT2D eigenvalue weighted by Crippen LogP contribution is -2.13. The summed E-state index contributed by atoms with van der Waals surface area (Å²) >= 11 is 0. The second-order valence-electron chi connectivity index (χ2n) is 35.2. The van der Waals surface area contributed by atoms with Crippen molar-refractivity contribution in [2.45, 2.75) is 68.2 Å². The Bertz CT molecular complexity index is 8980. The summed E-state index contributed by atoms with van der Waals surface area (Å²) in [4.78, 5) is 64.7. The van der Waals surface area contributed by atoms with Gasteiger partial charge in [-0.05, 0) is 267 Å². The molecule has 26 rings (SSSR count). The molecule has 28 heteroatoms. The van der Waals surface area contributed by atoms with Crippen LogP contribution in [0, 0.1) is 41.5 Å². The Labute approximate surface area is 801 Å². The van der Waals surface area contributed by atoms with Gasteiger partial charge in [0, 0.05) is 129 Å². The Morgan fingerprint density at radius 3 is 0.893 bits per heavy atom. The number of benzene rings is 11. The molecule has 0 aliphatic carbocycles. The van der Waals surface area contributed by atoms with Crippen LogP contribution in [0.4, 0.5) is 0 Å². The third kappa shape index (κ3) is 16.9. The fourth-order valence-electron chi connectivity index (χ4n) is 18.3. The molecule has 0 aliphatic rings. The van der Waals surface area contributed by atoms with E-state index in [1.54, 1.807) is 6.20 Å². The van der Waals surface area contributed by atoms with E-state index in [0.29, 0.717) is 0 Å². The number of aryl methyl sites for hydroxylation is 2. The SMILES string of the molecule is CCNCc1cncc(-c2ccc3[nH]nc(-c4nc5ccccc5[nH]4)c3c2)c1C.Cc1c(-c2ccc3[nH]nc(-c4nc5ccccc5[nH]4)c3c2)cnc2ccccc12.Cc1c(CN(C)C)cncc1-c1ccc2[nH]nc(-c3nc4ccccc4[nH]3)c2c1.Cc1c(CO)cncc1-c1ccc2[nH]nc(-c3nc4ccccc4[nH]3)c2c1.Cc1cncc(-c2ccc3[nH]nc(-c4nc5ccccc5[nH]4)c3c2)c1C. The first-order valence-corrected chi connectivity index (χ1v) is 46.3. The number of aromatic nitrogens is 25. The highest BCUT2D eigenvalue weighted by molar-refractivity contribution is 6.02. The molecule has 0 radical (unpaired) electrons. The number of nitrogens with zero attached hydrogens (tertiary/aromatic N) is 16. The van der Waals surface area contributed by atoms with Crippen LogP contribution < -0.4 is 5.32 Å². The summed E-state index contributed by atoms with van der Waals surface area (Å²) < 4.78 is 0. The maximum atomic E-state index is 9.52. The van der Waals surface area contributed by atoms with Crippen molar-refractivity contribution in [3.05, 3.63) is 342 Å². The summed E-state index contributed by atoms with van der Waals surface area (Å²) in [5.74, 6) is 3.81. The molecule has 140 heavy (non-hydrogen) atoms. The maximum Gasteiger partial charge on any atom is 0.159 e. The van der Waals surface area contributed by atoms with Gasteiger partial charge < -0.3 is 40.2 Å². The number of imidazole rings is 5. The van der Waals surface area contributed by atoms with Gasteiger partial charge in [-0.1, -0.05) is 116 Å². The van der Waals surface area contributed by atoms with Crippen LogP contribution in [0.15, 0.2) is 292 Å². The van der Waals surface area contributed by atoms with Crippen molar-refractivity contribution in [3.63, 3.8) is 0 Å². The van der Waals surface area contributed by atoms with Crippen molar-refractivity contribution in [1.29, 1.82) is 0 Å². The number of hydrogen-bond donors (Lipinski definition) is 12. The Morgan fingerprint density at radius 2 is 0.564 bits per heavy atom. The smallest absolute Gasteiger partial charge is 0.159 e. The van der Waals surface area contributed by atoms with E-state index in [2.05, 4.69) is 268 Å². The Balaban J connectivity index is 0.000000101. The van der Waals surface area contributed by atoms with Gasteiger partial charge in [0.15, 0.2) is 29.1 Å². The van der Waals surface area contributed by atoms with Crippen LogP contribution in [-0.2, 0) is 19.7 Å². The minimum Gasteiger partial charge on any atom is -0.392 e. The lowest BCUT2D eigenvalue weighted by Gasteiger charge is -2.14. The van der Waals surface area contributed by atoms with Gasteiger partial charge in [0.05, 0.1) is 94.9 Å². The highest BCUT2D eigenvalue weighted by Crippen LogP contribution is 2.40. The fraction of sp³-hybridized carbons (Fsp3) is 0.116. The normalized spacial score (nSPS) is 11.6. The van der Waals surface area contributed by atoms with E-state index in [4.69, 9.17) is 15.0 Å². The number of pyridine rings is 5. The molecule has 0 saturated heterocycles. The van der Waals surface area contributed by atoms with Crippen molar-refractivity contribution in [1.82, 2.24) is 136 Å². The molecule has 0 bridgehead atoms. The quantitative estimate of drug-likeness (QED) is 0.0427. The number of rotatable bonds is 16. The summed E-state index contributed by atoms with van der Waals surface area (Å²) in [6.07, 6.45) is 17.1. The zero-order chi connectivity index (χ0) is 95.2. The van der Waals surface area contributed by atoms with Crippen LogP contribution in [0.5, 0.6) is 0 Å². The minimum atomic E-state index is -0.0230. The number of fused-ring (bicyclic) bond motifs is 11. The third-order valence-corrected chi connectivity index (χ3v) is 26.1. The molecule has 0 fully saturated rings. The van der Waals surface area contributed by atoms with Crippen molar-refractivity contribution < 1.29 is 5.11 Å². The van der Waals surface area contributed by atoms with Crippen LogP contribution in [0.3, 0.4) is 0 Å². The lowest BCUT2D eigenvalue weighted by atomic mass is 9.97. The Hall–Kier alpha value is -18.0. The highest BCUT2D eigenvalue weighted by Gasteiger charge is 2.23. The van der Waals surface area contributed by atoms with Gasteiger partial charge in [-0.15, -0.1) is 0 Å². The fourth-order valence-corrected chi connectivity index (χ4v) is 18.3. The van der Waals surface area contributed by atoms with E-state index in [1.807, 2.05) is 202 Å². The average molecular weight is 1840 g/mol. The molecule has 0 aliphatic heterocycles. The largest absolute Gasteiger partial charge is 0.392 e. The molecule has 26 aromatic rings. The van der Waals surface area contributed by atoms with Crippen molar-refractivity contribution >= 4 is 121 Å². The average Bonchev–Trinajstić information content (AvgIpc) is 1.56. The van der Waals surface area contributed by atoms with Crippen molar-refractivity contribution in [2.75, 3.05) is 20.6 Å². The van der Waals surface area contributed by atoms with E-state index in [-0.39, 0.29) is 6.61 Å². The molecule has 0 unspecified atom stereocenters. The second kappa shape index (κ2) is 37.4. The molecule has 0 saturated carbocycles. The van der Waals surface area contributed by atoms with Gasteiger partial charge in [0.2, 0.25) is 0 Å². The summed E-state index contributed by atoms with van der Waals surface area (Å²) in [6, 6.07) is 79.7. The molecule has 15 aromatic heterocycles. The second-order valence-corrected chi connectivity index (χ2v) is 35.2. The third-order valence-electron chi connectivity index (χ3n) is 26.1. The number of aliphatic hydroxyl groups excluding tert-OH is 1. The summed E-state index contributed by atoms with van der Waals surface area (Å²) in [5, 5.41) is 57.4. The molecule has 12 N–H and O–H groups in total. The lowest BCUT2D eigenvalue weighted by molar-refractivity contribution is 0.280. The molecular formula is C112H95N27O. The maximum absolute atomic E-state index is 9.52. The predicted molar refractivity (Wildman–Crippen MR) is 559 cm³/mol. The van der Waals surface area contributed by atoms with Gasteiger partial charge >= 0.3 is 0 Å². The number of aromatic amines is 10. The molecule has 0 spiro atoms. The van der Waals surface area contributed by atoms with E-state index in [0.717, 1.165) is 259 Å². The number of aliphatic hydroxyl groups is 1. The standard InChI is InChI=1S/C24H17N5.2C23H22N6.C21H17N5O.C21H17N5/c1-14-16-6-2-3-7-19(16)25-13-18(14)15-10-11-20-17(12-15)23(29-28-20)24-26-21-8-4-5-9-22(21)27-24;1-14-16(13-29(2)3)11-24-12-18(14)15-8-9-19-17(10-15)22(28-27-19)23-25-20-6-4-5-7-21(20)26-23;1-3-24-11-16-12-25-13-18(14(16)2)15-8-9-19-17(10-15)22(29-28-19)23-26-20-6-4-5-7-21(20)27-23;1-12-14(11-27)9-22-10-16(12)13-6-7-17-15(8-13)20(26-25-17)21-23-18-4-2-3-5-19(18)24-21;1-12-10-22-11-16(13(12)2)14-7-8-17-15(9-14)20(26-25-17)21-23-18-5-3-4-6-19(18)24-21/h2-13H,1H3,(H,26,27)(H,28,29);4-12H,13H2,1-3H3,(H,25,26)(H,27,28);4-10,12-13,24H,3,11H2,1-2H3,(H,26,27)(H,28,29);2-10,27H,11H2,1H3,(H,23,24)(H,25,26);3-11H,1-2H3,(H,23,24)(H,25,26). The van der Waals surface area contributed by atoms with E-state index in [1.165, 1.54) is 44.3 Å². The monoisotopic (exact) mass is 1830 g/mol. The van der Waals surface area contributed by atoms with E-state index >= 15 is 0 Å². The van der Waals surface area contributed by atoms with Gasteiger partial charge in [0.1, 0.15) is 28.5 Å².